The Balaban J connectivity index is 2.60. The summed E-state index contributed by atoms with van der Waals surface area (Å²) in [5.74, 6) is 0.960. The van der Waals surface area contributed by atoms with E-state index in [4.69, 9.17) is 4.74 Å². The molecule has 1 aliphatic rings. The van der Waals surface area contributed by atoms with Crippen LogP contribution in [0.1, 0.15) is 13.8 Å². The van der Waals surface area contributed by atoms with Crippen LogP contribution in [-0.2, 0) is 4.74 Å². The van der Waals surface area contributed by atoms with Crippen molar-refractivity contribution in [1.29, 1.82) is 0 Å². The summed E-state index contributed by atoms with van der Waals surface area (Å²) in [5.41, 5.74) is 1.27. The Morgan fingerprint density at radius 1 is 1.20 bits per heavy atom. The molecule has 15 heavy (non-hydrogen) atoms. The summed E-state index contributed by atoms with van der Waals surface area (Å²) in [6.45, 7) is 8.54. The fourth-order valence-corrected chi connectivity index (χ4v) is 1.69. The second kappa shape index (κ2) is 5.81. The van der Waals surface area contributed by atoms with Crippen molar-refractivity contribution >= 4 is 0 Å². The summed E-state index contributed by atoms with van der Waals surface area (Å²) >= 11 is 0. The number of methoxy groups -OCH3 is 1. The van der Waals surface area contributed by atoms with Gasteiger partial charge in [-0.2, -0.15) is 0 Å². The highest BCUT2D eigenvalue weighted by Gasteiger charge is 2.14. The van der Waals surface area contributed by atoms with Crippen LogP contribution < -0.4 is 0 Å². The van der Waals surface area contributed by atoms with Crippen molar-refractivity contribution in [2.75, 3.05) is 40.3 Å². The Morgan fingerprint density at radius 2 is 1.80 bits per heavy atom. The number of hydrogen-bond acceptors (Lipinski definition) is 3. The average molecular weight is 210 g/mol. The van der Waals surface area contributed by atoms with Gasteiger partial charge in [0.1, 0.15) is 0 Å². The lowest BCUT2D eigenvalue weighted by Gasteiger charge is -2.34. The van der Waals surface area contributed by atoms with E-state index in [0.717, 1.165) is 31.9 Å². The number of hydrogen-bond donors (Lipinski definition) is 0. The maximum Gasteiger partial charge on any atom is 0.0945 e. The number of piperazine rings is 1. The predicted octanol–water partition coefficient (Wildman–Crippen LogP) is 1.69. The van der Waals surface area contributed by atoms with E-state index < -0.39 is 0 Å². The van der Waals surface area contributed by atoms with Gasteiger partial charge in [0.05, 0.1) is 12.9 Å². The number of ether oxygens (including phenoxy) is 1. The number of nitrogens with zero attached hydrogens (tertiary/aromatic N) is 2. The zero-order chi connectivity index (χ0) is 11.3. The first-order valence-corrected chi connectivity index (χ1v) is 5.49. The van der Waals surface area contributed by atoms with Crippen molar-refractivity contribution in [1.82, 2.24) is 9.80 Å². The smallest absolute Gasteiger partial charge is 0.0945 e. The van der Waals surface area contributed by atoms with Crippen LogP contribution in [0.15, 0.2) is 23.6 Å². The van der Waals surface area contributed by atoms with Gasteiger partial charge in [-0.15, -0.1) is 0 Å². The molecule has 0 atom stereocenters. The topological polar surface area (TPSA) is 15.7 Å². The predicted molar refractivity (Wildman–Crippen MR) is 63.6 cm³/mol. The van der Waals surface area contributed by atoms with Crippen LogP contribution >= 0.6 is 0 Å². The summed E-state index contributed by atoms with van der Waals surface area (Å²) in [7, 11) is 3.88. The lowest BCUT2D eigenvalue weighted by atomic mass is 10.2. The summed E-state index contributed by atoms with van der Waals surface area (Å²) in [5, 5.41) is 0. The quantitative estimate of drug-likeness (QED) is 0.521. The SMILES string of the molecule is CC=C(C=C(C)OC)N1CCN(C)CC1. The molecule has 0 aromatic rings. The molecule has 1 fully saturated rings. The van der Waals surface area contributed by atoms with Gasteiger partial charge < -0.3 is 14.5 Å². The molecule has 0 aromatic heterocycles. The molecule has 1 saturated heterocycles. The minimum absolute atomic E-state index is 0.960. The Morgan fingerprint density at radius 3 is 2.27 bits per heavy atom. The molecule has 1 aliphatic heterocycles. The zero-order valence-corrected chi connectivity index (χ0v) is 10.3. The molecule has 0 aromatic carbocycles. The van der Waals surface area contributed by atoms with Crippen molar-refractivity contribution in [2.45, 2.75) is 13.8 Å². The van der Waals surface area contributed by atoms with E-state index in [1.54, 1.807) is 7.11 Å². The average Bonchev–Trinajstić information content (AvgIpc) is 2.27. The fourth-order valence-electron chi connectivity index (χ4n) is 1.69. The van der Waals surface area contributed by atoms with E-state index in [2.05, 4.69) is 35.9 Å². The Kier molecular flexibility index (Phi) is 4.69. The Hall–Kier alpha value is -0.960. The van der Waals surface area contributed by atoms with Crippen LogP contribution in [0.2, 0.25) is 0 Å². The highest BCUT2D eigenvalue weighted by molar-refractivity contribution is 5.19. The first-order valence-electron chi connectivity index (χ1n) is 5.49. The lowest BCUT2D eigenvalue weighted by Crippen LogP contribution is -2.43. The standard InChI is InChI=1S/C12H22N2O/c1-5-12(10-11(2)15-4)14-8-6-13(3)7-9-14/h5,10H,6-9H2,1-4H3. The van der Waals surface area contributed by atoms with Gasteiger partial charge in [0.25, 0.3) is 0 Å². The molecule has 0 bridgehead atoms. The molecule has 3 nitrogen and oxygen atoms in total. The first-order chi connectivity index (χ1) is 7.17. The van der Waals surface area contributed by atoms with Gasteiger partial charge in [-0.3, -0.25) is 0 Å². The highest BCUT2D eigenvalue weighted by Crippen LogP contribution is 2.12. The normalized spacial score (nSPS) is 20.7. The van der Waals surface area contributed by atoms with E-state index in [1.807, 2.05) is 6.92 Å². The van der Waals surface area contributed by atoms with Crippen LogP contribution in [-0.4, -0.2) is 50.1 Å². The summed E-state index contributed by atoms with van der Waals surface area (Å²) in [4.78, 5) is 4.76. The molecule has 3 heteroatoms. The monoisotopic (exact) mass is 210 g/mol. The van der Waals surface area contributed by atoms with E-state index in [9.17, 15) is 0 Å². The largest absolute Gasteiger partial charge is 0.501 e. The molecule has 0 aliphatic carbocycles. The third-order valence-corrected chi connectivity index (χ3v) is 2.84. The molecule has 0 radical (unpaired) electrons. The van der Waals surface area contributed by atoms with Gasteiger partial charge in [0.15, 0.2) is 0 Å². The molecule has 0 saturated carbocycles. The van der Waals surface area contributed by atoms with Crippen LogP contribution in [0, 0.1) is 0 Å². The van der Waals surface area contributed by atoms with Gasteiger partial charge in [-0.25, -0.2) is 0 Å². The minimum Gasteiger partial charge on any atom is -0.501 e. The van der Waals surface area contributed by atoms with E-state index >= 15 is 0 Å². The third-order valence-electron chi connectivity index (χ3n) is 2.84. The number of likely N-dealkylation sites (N-methyl/N-ethyl adjacent to an activating group) is 1. The first kappa shape index (κ1) is 12.1. The summed E-state index contributed by atoms with van der Waals surface area (Å²) in [6, 6.07) is 0. The van der Waals surface area contributed by atoms with Gasteiger partial charge in [-0.1, -0.05) is 6.08 Å². The van der Waals surface area contributed by atoms with Gasteiger partial charge in [0.2, 0.25) is 0 Å². The van der Waals surface area contributed by atoms with Crippen molar-refractivity contribution in [3.63, 3.8) is 0 Å². The molecular formula is C12H22N2O. The second-order valence-corrected chi connectivity index (χ2v) is 3.96. The number of rotatable bonds is 3. The van der Waals surface area contributed by atoms with Crippen LogP contribution in [0.5, 0.6) is 0 Å². The van der Waals surface area contributed by atoms with Crippen LogP contribution in [0.4, 0.5) is 0 Å². The second-order valence-electron chi connectivity index (χ2n) is 3.96. The number of allylic oxidation sites excluding steroid dienone is 3. The molecule has 0 spiro atoms. The maximum absolute atomic E-state index is 5.18. The maximum atomic E-state index is 5.18. The fraction of sp³-hybridized carbons (Fsp3) is 0.667. The van der Waals surface area contributed by atoms with Gasteiger partial charge in [0, 0.05) is 31.9 Å². The molecule has 0 N–H and O–H groups in total. The van der Waals surface area contributed by atoms with Gasteiger partial charge in [-0.05, 0) is 27.0 Å². The molecule has 1 heterocycles. The Bertz CT molecular complexity index is 250. The highest BCUT2D eigenvalue weighted by atomic mass is 16.5. The van der Waals surface area contributed by atoms with Crippen molar-refractivity contribution < 1.29 is 4.74 Å². The van der Waals surface area contributed by atoms with Crippen LogP contribution in [0.3, 0.4) is 0 Å². The Labute approximate surface area is 93.0 Å². The zero-order valence-electron chi connectivity index (χ0n) is 10.3. The van der Waals surface area contributed by atoms with E-state index in [-0.39, 0.29) is 0 Å². The minimum atomic E-state index is 0.960. The molecule has 0 amide bonds. The van der Waals surface area contributed by atoms with Crippen LogP contribution in [0.25, 0.3) is 0 Å². The van der Waals surface area contributed by atoms with E-state index in [0.29, 0.717) is 0 Å². The van der Waals surface area contributed by atoms with Gasteiger partial charge >= 0.3 is 0 Å². The summed E-state index contributed by atoms with van der Waals surface area (Å²) < 4.78 is 5.18. The molecule has 86 valence electrons. The summed E-state index contributed by atoms with van der Waals surface area (Å²) in [6.07, 6.45) is 4.25. The molecular weight excluding hydrogens is 188 g/mol. The van der Waals surface area contributed by atoms with E-state index in [1.165, 1.54) is 5.70 Å². The molecule has 1 rings (SSSR count). The molecule has 0 unspecified atom stereocenters. The third kappa shape index (κ3) is 3.59. The van der Waals surface area contributed by atoms with Crippen molar-refractivity contribution in [3.05, 3.63) is 23.6 Å². The van der Waals surface area contributed by atoms with Crippen molar-refractivity contribution in [2.24, 2.45) is 0 Å². The van der Waals surface area contributed by atoms with Crippen molar-refractivity contribution in [3.8, 4) is 0 Å². The lowest BCUT2D eigenvalue weighted by molar-refractivity contribution is 0.189.